The molecule has 2 aliphatic heterocycles. The van der Waals surface area contributed by atoms with Gasteiger partial charge >= 0.3 is 0 Å². The summed E-state index contributed by atoms with van der Waals surface area (Å²) in [6, 6.07) is 7.03. The predicted molar refractivity (Wildman–Crippen MR) is 94.1 cm³/mol. The summed E-state index contributed by atoms with van der Waals surface area (Å²) in [7, 11) is 0. The van der Waals surface area contributed by atoms with Gasteiger partial charge in [-0.3, -0.25) is 19.3 Å². The maximum atomic E-state index is 12.7. The highest BCUT2D eigenvalue weighted by Crippen LogP contribution is 2.40. The minimum atomic E-state index is -0.164. The van der Waals surface area contributed by atoms with Gasteiger partial charge in [-0.2, -0.15) is 0 Å². The molecule has 2 saturated heterocycles. The Labute approximate surface area is 148 Å². The number of carbonyl (C=O) groups excluding carboxylic acids is 3. The second-order valence-electron chi connectivity index (χ2n) is 7.41. The standard InChI is InChI=1S/C20H24N2O3/c23-18(21-11-4-1-5-12-21)14-7-6-8-15(13-14)22-19(24)16-9-2-3-10-17(16)20(22)25/h6-8,13,16-17H,1-5,9-12H2/t16-,17+. The highest BCUT2D eigenvalue weighted by atomic mass is 16.2. The molecule has 0 bridgehead atoms. The molecule has 3 aliphatic rings. The van der Waals surface area contributed by atoms with Gasteiger partial charge in [-0.05, 0) is 50.3 Å². The number of nitrogens with zero attached hydrogens (tertiary/aromatic N) is 2. The zero-order valence-corrected chi connectivity index (χ0v) is 14.4. The van der Waals surface area contributed by atoms with Crippen molar-refractivity contribution in [3.63, 3.8) is 0 Å². The highest BCUT2D eigenvalue weighted by Gasteiger charge is 2.48. The Morgan fingerprint density at radius 1 is 0.880 bits per heavy atom. The lowest BCUT2D eigenvalue weighted by atomic mass is 9.81. The van der Waals surface area contributed by atoms with Crippen molar-refractivity contribution in [2.75, 3.05) is 18.0 Å². The van der Waals surface area contributed by atoms with Crippen molar-refractivity contribution in [3.05, 3.63) is 29.8 Å². The van der Waals surface area contributed by atoms with Crippen molar-refractivity contribution < 1.29 is 14.4 Å². The molecule has 2 atom stereocenters. The van der Waals surface area contributed by atoms with E-state index >= 15 is 0 Å². The molecule has 2 heterocycles. The molecule has 25 heavy (non-hydrogen) atoms. The summed E-state index contributed by atoms with van der Waals surface area (Å²) in [4.78, 5) is 41.4. The number of likely N-dealkylation sites (tertiary alicyclic amines) is 1. The predicted octanol–water partition coefficient (Wildman–Crippen LogP) is 2.99. The number of rotatable bonds is 2. The van der Waals surface area contributed by atoms with E-state index in [4.69, 9.17) is 0 Å². The van der Waals surface area contributed by atoms with Gasteiger partial charge in [0, 0.05) is 18.7 Å². The maximum absolute atomic E-state index is 12.7. The monoisotopic (exact) mass is 340 g/mol. The average molecular weight is 340 g/mol. The molecular weight excluding hydrogens is 316 g/mol. The molecule has 132 valence electrons. The lowest BCUT2D eigenvalue weighted by Gasteiger charge is -2.27. The Hall–Kier alpha value is -2.17. The van der Waals surface area contributed by atoms with Gasteiger partial charge < -0.3 is 4.90 Å². The number of piperidine rings is 1. The third-order valence-electron chi connectivity index (χ3n) is 5.84. The summed E-state index contributed by atoms with van der Waals surface area (Å²) in [5, 5.41) is 0. The molecule has 0 N–H and O–H groups in total. The largest absolute Gasteiger partial charge is 0.339 e. The first-order chi connectivity index (χ1) is 12.2. The topological polar surface area (TPSA) is 57.7 Å². The quantitative estimate of drug-likeness (QED) is 0.778. The molecule has 4 rings (SSSR count). The van der Waals surface area contributed by atoms with Crippen LogP contribution in [0.1, 0.15) is 55.3 Å². The van der Waals surface area contributed by atoms with E-state index in [0.29, 0.717) is 11.3 Å². The SMILES string of the molecule is O=C(c1cccc(N2C(=O)[C@H]3CCCC[C@H]3C2=O)c1)N1CCCCC1. The zero-order valence-electron chi connectivity index (χ0n) is 14.4. The Morgan fingerprint density at radius 3 is 2.16 bits per heavy atom. The molecular formula is C20H24N2O3. The second kappa shape index (κ2) is 6.62. The van der Waals surface area contributed by atoms with E-state index in [-0.39, 0.29) is 29.6 Å². The molecule has 0 spiro atoms. The van der Waals surface area contributed by atoms with E-state index in [0.717, 1.165) is 51.6 Å². The highest BCUT2D eigenvalue weighted by molar-refractivity contribution is 6.22. The smallest absolute Gasteiger partial charge is 0.253 e. The van der Waals surface area contributed by atoms with Crippen molar-refractivity contribution in [2.24, 2.45) is 11.8 Å². The van der Waals surface area contributed by atoms with E-state index in [1.807, 2.05) is 4.90 Å². The van der Waals surface area contributed by atoms with E-state index in [1.54, 1.807) is 24.3 Å². The van der Waals surface area contributed by atoms with Crippen molar-refractivity contribution in [3.8, 4) is 0 Å². The number of anilines is 1. The fourth-order valence-electron chi connectivity index (χ4n) is 4.47. The Morgan fingerprint density at radius 2 is 1.52 bits per heavy atom. The summed E-state index contributed by atoms with van der Waals surface area (Å²) in [6.45, 7) is 1.57. The minimum Gasteiger partial charge on any atom is -0.339 e. The van der Waals surface area contributed by atoms with Gasteiger partial charge in [0.2, 0.25) is 11.8 Å². The van der Waals surface area contributed by atoms with Crippen LogP contribution in [-0.2, 0) is 9.59 Å². The number of amides is 3. The normalized spacial score (nSPS) is 26.7. The van der Waals surface area contributed by atoms with Crippen molar-refractivity contribution >= 4 is 23.4 Å². The van der Waals surface area contributed by atoms with Crippen LogP contribution >= 0.6 is 0 Å². The van der Waals surface area contributed by atoms with Gasteiger partial charge in [-0.1, -0.05) is 18.9 Å². The van der Waals surface area contributed by atoms with Crippen molar-refractivity contribution in [2.45, 2.75) is 44.9 Å². The third-order valence-corrected chi connectivity index (χ3v) is 5.84. The fraction of sp³-hybridized carbons (Fsp3) is 0.550. The average Bonchev–Trinajstić information content (AvgIpc) is 2.93. The summed E-state index contributed by atoms with van der Waals surface area (Å²) >= 11 is 0. The van der Waals surface area contributed by atoms with Crippen LogP contribution in [0.15, 0.2) is 24.3 Å². The maximum Gasteiger partial charge on any atom is 0.253 e. The van der Waals surface area contributed by atoms with E-state index in [2.05, 4.69) is 0 Å². The van der Waals surface area contributed by atoms with Crippen molar-refractivity contribution in [1.82, 2.24) is 4.90 Å². The summed E-state index contributed by atoms with van der Waals surface area (Å²) in [5.41, 5.74) is 1.11. The first-order valence-corrected chi connectivity index (χ1v) is 9.44. The molecule has 1 aliphatic carbocycles. The van der Waals surface area contributed by atoms with Crippen LogP contribution in [-0.4, -0.2) is 35.7 Å². The number of hydrogen-bond acceptors (Lipinski definition) is 3. The van der Waals surface area contributed by atoms with Gasteiger partial charge in [0.05, 0.1) is 17.5 Å². The molecule has 5 nitrogen and oxygen atoms in total. The summed E-state index contributed by atoms with van der Waals surface area (Å²) < 4.78 is 0. The minimum absolute atomic E-state index is 0.00180. The second-order valence-corrected chi connectivity index (χ2v) is 7.41. The van der Waals surface area contributed by atoms with Crippen LogP contribution in [0.25, 0.3) is 0 Å². The van der Waals surface area contributed by atoms with Gasteiger partial charge in [0.15, 0.2) is 0 Å². The molecule has 3 amide bonds. The van der Waals surface area contributed by atoms with Gasteiger partial charge in [0.25, 0.3) is 5.91 Å². The summed E-state index contributed by atoms with van der Waals surface area (Å²) in [5.74, 6) is -0.502. The number of benzene rings is 1. The molecule has 0 aromatic heterocycles. The van der Waals surface area contributed by atoms with Crippen molar-refractivity contribution in [1.29, 1.82) is 0 Å². The van der Waals surface area contributed by atoms with E-state index in [9.17, 15) is 14.4 Å². The first kappa shape index (κ1) is 16.3. The van der Waals surface area contributed by atoms with Crippen LogP contribution in [0.4, 0.5) is 5.69 Å². The summed E-state index contributed by atoms with van der Waals surface area (Å²) in [6.07, 6.45) is 6.89. The van der Waals surface area contributed by atoms with Crippen LogP contribution in [0.2, 0.25) is 0 Å². The van der Waals surface area contributed by atoms with Gasteiger partial charge in [-0.25, -0.2) is 0 Å². The molecule has 1 aromatic carbocycles. The molecule has 1 aromatic rings. The number of hydrogen-bond donors (Lipinski definition) is 0. The molecule has 3 fully saturated rings. The Kier molecular flexibility index (Phi) is 4.32. The lowest BCUT2D eigenvalue weighted by Crippen LogP contribution is -2.36. The van der Waals surface area contributed by atoms with Gasteiger partial charge in [0.1, 0.15) is 0 Å². The van der Waals surface area contributed by atoms with Crippen LogP contribution < -0.4 is 4.90 Å². The third kappa shape index (κ3) is 2.86. The van der Waals surface area contributed by atoms with Crippen LogP contribution in [0, 0.1) is 11.8 Å². The molecule has 5 heteroatoms. The Bertz CT molecular complexity index is 685. The number of imide groups is 1. The van der Waals surface area contributed by atoms with Gasteiger partial charge in [-0.15, -0.1) is 0 Å². The number of fused-ring (bicyclic) bond motifs is 1. The molecule has 1 saturated carbocycles. The van der Waals surface area contributed by atoms with E-state index < -0.39 is 0 Å². The van der Waals surface area contributed by atoms with Crippen LogP contribution in [0.5, 0.6) is 0 Å². The fourth-order valence-corrected chi connectivity index (χ4v) is 4.47. The molecule has 0 unspecified atom stereocenters. The Balaban J connectivity index is 1.60. The van der Waals surface area contributed by atoms with Crippen LogP contribution in [0.3, 0.4) is 0 Å². The number of carbonyl (C=O) groups is 3. The first-order valence-electron chi connectivity index (χ1n) is 9.44. The lowest BCUT2D eigenvalue weighted by molar-refractivity contribution is -0.122. The molecule has 0 radical (unpaired) electrons. The van der Waals surface area contributed by atoms with E-state index in [1.165, 1.54) is 11.3 Å². The zero-order chi connectivity index (χ0) is 17.4.